The van der Waals surface area contributed by atoms with E-state index in [1.165, 1.54) is 0 Å². The summed E-state index contributed by atoms with van der Waals surface area (Å²) in [7, 11) is -3.53. The third-order valence-corrected chi connectivity index (χ3v) is 6.23. The molecule has 0 aromatic heterocycles. The van der Waals surface area contributed by atoms with Crippen LogP contribution in [0.5, 0.6) is 0 Å². The molecule has 1 aliphatic rings. The van der Waals surface area contributed by atoms with E-state index in [1.54, 1.807) is 18.2 Å². The molecule has 1 fully saturated rings. The topological polar surface area (TPSA) is 58.2 Å². The highest BCUT2D eigenvalue weighted by Crippen LogP contribution is 2.30. The Hall–Kier alpha value is -1.69. The molecule has 0 radical (unpaired) electrons. The van der Waals surface area contributed by atoms with E-state index in [0.29, 0.717) is 9.79 Å². The normalized spacial score (nSPS) is 18.8. The fourth-order valence-electron chi connectivity index (χ4n) is 3.11. The number of hydrogen-bond donors (Lipinski definition) is 2. The lowest BCUT2D eigenvalue weighted by molar-refractivity contribution is 0.425. The van der Waals surface area contributed by atoms with E-state index in [1.807, 2.05) is 38.1 Å². The monoisotopic (exact) mass is 330 g/mol. The highest BCUT2D eigenvalue weighted by Gasteiger charge is 2.26. The van der Waals surface area contributed by atoms with Gasteiger partial charge >= 0.3 is 0 Å². The summed E-state index contributed by atoms with van der Waals surface area (Å²) in [4.78, 5) is 0.785. The molecule has 0 spiro atoms. The smallest absolute Gasteiger partial charge is 0.207 e. The first-order valence-electron chi connectivity index (χ1n) is 7.85. The molecule has 0 bridgehead atoms. The average molecular weight is 330 g/mol. The van der Waals surface area contributed by atoms with Gasteiger partial charge in [-0.3, -0.25) is 0 Å². The van der Waals surface area contributed by atoms with Crippen LogP contribution in [0.3, 0.4) is 0 Å². The molecule has 5 heteroatoms. The van der Waals surface area contributed by atoms with Gasteiger partial charge in [-0.1, -0.05) is 35.9 Å². The van der Waals surface area contributed by atoms with Crippen molar-refractivity contribution in [2.24, 2.45) is 0 Å². The van der Waals surface area contributed by atoms with Gasteiger partial charge in [0, 0.05) is 25.7 Å². The Morgan fingerprint density at radius 3 is 2.48 bits per heavy atom. The van der Waals surface area contributed by atoms with Gasteiger partial charge < -0.3 is 10.6 Å². The molecule has 0 aliphatic carbocycles. The zero-order valence-corrected chi connectivity index (χ0v) is 14.3. The highest BCUT2D eigenvalue weighted by molar-refractivity contribution is 7.91. The number of sulfone groups is 1. The van der Waals surface area contributed by atoms with Crippen molar-refractivity contribution < 1.29 is 8.42 Å². The van der Waals surface area contributed by atoms with Gasteiger partial charge in [0.2, 0.25) is 9.84 Å². The molecule has 3 rings (SSSR count). The Morgan fingerprint density at radius 2 is 1.78 bits per heavy atom. The van der Waals surface area contributed by atoms with Crippen molar-refractivity contribution in [2.75, 3.05) is 19.6 Å². The predicted molar refractivity (Wildman–Crippen MR) is 91.4 cm³/mol. The molecule has 0 amide bonds. The molecule has 4 nitrogen and oxygen atoms in total. The lowest BCUT2D eigenvalue weighted by atomic mass is 10.1. The van der Waals surface area contributed by atoms with Gasteiger partial charge in [-0.2, -0.15) is 0 Å². The molecule has 1 atom stereocenters. The SMILES string of the molecule is Cc1ccc(S(=O)(=O)c2ccccc2C2CNCCN2)c(C)c1. The van der Waals surface area contributed by atoms with Crippen molar-refractivity contribution in [3.63, 3.8) is 0 Å². The highest BCUT2D eigenvalue weighted by atomic mass is 32.2. The first kappa shape index (κ1) is 16.2. The lowest BCUT2D eigenvalue weighted by Gasteiger charge is -2.26. The van der Waals surface area contributed by atoms with Crippen LogP contribution in [0.2, 0.25) is 0 Å². The minimum absolute atomic E-state index is 0.0143. The van der Waals surface area contributed by atoms with Crippen LogP contribution in [-0.4, -0.2) is 28.1 Å². The molecule has 0 saturated carbocycles. The van der Waals surface area contributed by atoms with Crippen LogP contribution in [0.15, 0.2) is 52.3 Å². The summed E-state index contributed by atoms with van der Waals surface area (Å²) in [6.07, 6.45) is 0. The van der Waals surface area contributed by atoms with Gasteiger partial charge in [0.15, 0.2) is 0 Å². The third kappa shape index (κ3) is 3.17. The fraction of sp³-hybridized carbons (Fsp3) is 0.333. The lowest BCUT2D eigenvalue weighted by Crippen LogP contribution is -2.43. The van der Waals surface area contributed by atoms with Crippen LogP contribution in [0.25, 0.3) is 0 Å². The number of piperazine rings is 1. The zero-order valence-electron chi connectivity index (χ0n) is 13.5. The molecule has 1 unspecified atom stereocenters. The number of nitrogens with one attached hydrogen (secondary N) is 2. The molecule has 122 valence electrons. The van der Waals surface area contributed by atoms with Gasteiger partial charge in [-0.25, -0.2) is 8.42 Å². The Labute approximate surface area is 137 Å². The van der Waals surface area contributed by atoms with Crippen LogP contribution in [0.4, 0.5) is 0 Å². The quantitative estimate of drug-likeness (QED) is 0.907. The Morgan fingerprint density at radius 1 is 1.00 bits per heavy atom. The minimum atomic E-state index is -3.53. The van der Waals surface area contributed by atoms with Crippen molar-refractivity contribution in [1.29, 1.82) is 0 Å². The molecule has 2 aromatic rings. The summed E-state index contributed by atoms with van der Waals surface area (Å²) in [6, 6.07) is 12.8. The zero-order chi connectivity index (χ0) is 16.4. The first-order chi connectivity index (χ1) is 11.0. The maximum absolute atomic E-state index is 13.2. The van der Waals surface area contributed by atoms with Crippen LogP contribution in [-0.2, 0) is 9.84 Å². The number of hydrogen-bond acceptors (Lipinski definition) is 4. The van der Waals surface area contributed by atoms with Gasteiger partial charge in [0.25, 0.3) is 0 Å². The third-order valence-electron chi connectivity index (χ3n) is 4.24. The van der Waals surface area contributed by atoms with Crippen LogP contribution in [0, 0.1) is 13.8 Å². The molecular formula is C18H22N2O2S. The van der Waals surface area contributed by atoms with E-state index < -0.39 is 9.84 Å². The Kier molecular flexibility index (Phi) is 4.53. The van der Waals surface area contributed by atoms with Crippen molar-refractivity contribution in [3.8, 4) is 0 Å². The van der Waals surface area contributed by atoms with Crippen LogP contribution < -0.4 is 10.6 Å². The molecule has 1 heterocycles. The summed E-state index contributed by atoms with van der Waals surface area (Å²) < 4.78 is 26.4. The number of benzene rings is 2. The van der Waals surface area contributed by atoms with Gasteiger partial charge in [0.1, 0.15) is 0 Å². The van der Waals surface area contributed by atoms with Gasteiger partial charge in [0.05, 0.1) is 9.79 Å². The standard InChI is InChI=1S/C18H22N2O2S/c1-13-7-8-17(14(2)11-13)23(21,22)18-6-4-3-5-15(18)16-12-19-9-10-20-16/h3-8,11,16,19-20H,9-10,12H2,1-2H3. The van der Waals surface area contributed by atoms with E-state index in [4.69, 9.17) is 0 Å². The van der Waals surface area contributed by atoms with E-state index in [9.17, 15) is 8.42 Å². The second-order valence-electron chi connectivity index (χ2n) is 6.02. The molecule has 23 heavy (non-hydrogen) atoms. The Balaban J connectivity index is 2.10. The molecular weight excluding hydrogens is 308 g/mol. The largest absolute Gasteiger partial charge is 0.314 e. The minimum Gasteiger partial charge on any atom is -0.314 e. The number of rotatable bonds is 3. The molecule has 2 aromatic carbocycles. The fourth-order valence-corrected chi connectivity index (χ4v) is 4.85. The first-order valence-corrected chi connectivity index (χ1v) is 9.34. The maximum Gasteiger partial charge on any atom is 0.207 e. The Bertz CT molecular complexity index is 810. The van der Waals surface area contributed by atoms with Crippen molar-refractivity contribution >= 4 is 9.84 Å². The second kappa shape index (κ2) is 6.43. The van der Waals surface area contributed by atoms with Crippen molar-refractivity contribution in [1.82, 2.24) is 10.6 Å². The summed E-state index contributed by atoms with van der Waals surface area (Å²) >= 11 is 0. The van der Waals surface area contributed by atoms with Crippen LogP contribution >= 0.6 is 0 Å². The van der Waals surface area contributed by atoms with Gasteiger partial charge in [-0.15, -0.1) is 0 Å². The van der Waals surface area contributed by atoms with E-state index >= 15 is 0 Å². The summed E-state index contributed by atoms with van der Waals surface area (Å²) in [5.41, 5.74) is 2.68. The summed E-state index contributed by atoms with van der Waals surface area (Å²) in [5.74, 6) is 0. The molecule has 1 saturated heterocycles. The molecule has 1 aliphatic heterocycles. The maximum atomic E-state index is 13.2. The predicted octanol–water partition coefficient (Wildman–Crippen LogP) is 2.37. The van der Waals surface area contributed by atoms with Gasteiger partial charge in [-0.05, 0) is 37.1 Å². The van der Waals surface area contributed by atoms with E-state index in [-0.39, 0.29) is 6.04 Å². The average Bonchev–Trinajstić information content (AvgIpc) is 2.55. The summed E-state index contributed by atoms with van der Waals surface area (Å²) in [6.45, 7) is 6.29. The van der Waals surface area contributed by atoms with E-state index in [0.717, 1.165) is 36.3 Å². The second-order valence-corrected chi connectivity index (χ2v) is 7.91. The van der Waals surface area contributed by atoms with Crippen molar-refractivity contribution in [3.05, 3.63) is 59.2 Å². The molecule has 2 N–H and O–H groups in total. The van der Waals surface area contributed by atoms with Crippen LogP contribution in [0.1, 0.15) is 22.7 Å². The summed E-state index contributed by atoms with van der Waals surface area (Å²) in [5, 5.41) is 6.71. The number of aryl methyl sites for hydroxylation is 2. The van der Waals surface area contributed by atoms with E-state index in [2.05, 4.69) is 10.6 Å². The van der Waals surface area contributed by atoms with Crippen molar-refractivity contribution in [2.45, 2.75) is 29.7 Å².